The zero-order valence-corrected chi connectivity index (χ0v) is 17.8. The zero-order chi connectivity index (χ0) is 20.9. The van der Waals surface area contributed by atoms with Crippen molar-refractivity contribution in [3.63, 3.8) is 0 Å². The van der Waals surface area contributed by atoms with Gasteiger partial charge < -0.3 is 9.42 Å². The highest BCUT2D eigenvalue weighted by Gasteiger charge is 2.28. The van der Waals surface area contributed by atoms with Crippen molar-refractivity contribution in [1.82, 2.24) is 19.9 Å². The first-order valence-corrected chi connectivity index (χ1v) is 10.6. The molecule has 156 valence electrons. The van der Waals surface area contributed by atoms with Crippen LogP contribution >= 0.6 is 11.6 Å². The molecule has 1 amide bonds. The third-order valence-corrected chi connectivity index (χ3v) is 5.72. The van der Waals surface area contributed by atoms with Crippen LogP contribution in [0.3, 0.4) is 0 Å². The summed E-state index contributed by atoms with van der Waals surface area (Å²) in [4.78, 5) is 21.4. The lowest BCUT2D eigenvalue weighted by atomic mass is 9.95. The lowest BCUT2D eigenvalue weighted by molar-refractivity contribution is -0.136. The van der Waals surface area contributed by atoms with E-state index < -0.39 is 0 Å². The highest BCUT2D eigenvalue weighted by Crippen LogP contribution is 2.23. The Kier molecular flexibility index (Phi) is 6.45. The smallest absolute Gasteiger partial charge is 0.246 e. The van der Waals surface area contributed by atoms with Crippen LogP contribution in [0.2, 0.25) is 5.02 Å². The van der Waals surface area contributed by atoms with Gasteiger partial charge in [0.1, 0.15) is 0 Å². The summed E-state index contributed by atoms with van der Waals surface area (Å²) < 4.78 is 5.35. The number of likely N-dealkylation sites (tertiary alicyclic amines) is 1. The third-order valence-electron chi connectivity index (χ3n) is 5.48. The fourth-order valence-corrected chi connectivity index (χ4v) is 4.06. The van der Waals surface area contributed by atoms with E-state index in [9.17, 15) is 4.79 Å². The van der Waals surface area contributed by atoms with Crippen molar-refractivity contribution in [2.24, 2.45) is 5.92 Å². The standard InChI is InChI=1S/C23H25ClN4O2/c1-27(16-21-25-22(26-30-21)18-7-3-2-4-8-18)23(29)19-10-12-28(13-11-19)15-17-6-5-9-20(24)14-17/h2-9,14,19H,10-13,15-16H2,1H3. The Bertz CT molecular complexity index is 984. The molecule has 1 aliphatic heterocycles. The molecule has 1 fully saturated rings. The number of aromatic nitrogens is 2. The van der Waals surface area contributed by atoms with E-state index >= 15 is 0 Å². The second kappa shape index (κ2) is 9.41. The Balaban J connectivity index is 1.28. The number of rotatable bonds is 6. The Morgan fingerprint density at radius 3 is 2.67 bits per heavy atom. The Morgan fingerprint density at radius 1 is 1.17 bits per heavy atom. The molecule has 0 unspecified atom stereocenters. The molecule has 6 nitrogen and oxygen atoms in total. The predicted octanol–water partition coefficient (Wildman–Crippen LogP) is 4.26. The summed E-state index contributed by atoms with van der Waals surface area (Å²) in [5.74, 6) is 1.16. The zero-order valence-electron chi connectivity index (χ0n) is 17.0. The fourth-order valence-electron chi connectivity index (χ4n) is 3.85. The summed E-state index contributed by atoms with van der Waals surface area (Å²) in [6, 6.07) is 17.6. The molecule has 2 heterocycles. The van der Waals surface area contributed by atoms with Crippen molar-refractivity contribution in [2.75, 3.05) is 20.1 Å². The van der Waals surface area contributed by atoms with Crippen LogP contribution in [-0.4, -0.2) is 46.0 Å². The van der Waals surface area contributed by atoms with E-state index in [4.69, 9.17) is 16.1 Å². The molecule has 1 aliphatic rings. The van der Waals surface area contributed by atoms with Gasteiger partial charge in [-0.2, -0.15) is 4.98 Å². The lowest BCUT2D eigenvalue weighted by Gasteiger charge is -2.33. The van der Waals surface area contributed by atoms with Gasteiger partial charge in [-0.3, -0.25) is 9.69 Å². The number of halogens is 1. The van der Waals surface area contributed by atoms with Crippen LogP contribution < -0.4 is 0 Å². The van der Waals surface area contributed by atoms with E-state index in [2.05, 4.69) is 21.1 Å². The maximum absolute atomic E-state index is 12.9. The summed E-state index contributed by atoms with van der Waals surface area (Å²) >= 11 is 6.08. The van der Waals surface area contributed by atoms with Gasteiger partial charge in [-0.25, -0.2) is 0 Å². The van der Waals surface area contributed by atoms with Crippen molar-refractivity contribution >= 4 is 17.5 Å². The minimum atomic E-state index is 0.0297. The molecule has 4 rings (SSSR count). The molecule has 7 heteroatoms. The number of benzene rings is 2. The van der Waals surface area contributed by atoms with E-state index in [1.54, 1.807) is 11.9 Å². The molecule has 0 radical (unpaired) electrons. The first-order chi connectivity index (χ1) is 14.6. The van der Waals surface area contributed by atoms with Crippen LogP contribution in [0.4, 0.5) is 0 Å². The van der Waals surface area contributed by atoms with E-state index in [1.807, 2.05) is 48.5 Å². The number of amides is 1. The quantitative estimate of drug-likeness (QED) is 0.591. The van der Waals surface area contributed by atoms with Crippen LogP contribution in [0.1, 0.15) is 24.3 Å². The molecule has 3 aromatic rings. The SMILES string of the molecule is CN(Cc1nc(-c2ccccc2)no1)C(=O)C1CCN(Cc2cccc(Cl)c2)CC1. The number of carbonyl (C=O) groups is 1. The van der Waals surface area contributed by atoms with Gasteiger partial charge in [0.25, 0.3) is 0 Å². The van der Waals surface area contributed by atoms with E-state index in [1.165, 1.54) is 5.56 Å². The molecule has 1 saturated heterocycles. The minimum Gasteiger partial charge on any atom is -0.337 e. The van der Waals surface area contributed by atoms with E-state index in [0.29, 0.717) is 18.3 Å². The Morgan fingerprint density at radius 2 is 1.93 bits per heavy atom. The minimum absolute atomic E-state index is 0.0297. The highest BCUT2D eigenvalue weighted by molar-refractivity contribution is 6.30. The van der Waals surface area contributed by atoms with Gasteiger partial charge in [0, 0.05) is 30.1 Å². The summed E-state index contributed by atoms with van der Waals surface area (Å²) in [6.45, 7) is 2.98. The van der Waals surface area contributed by atoms with Gasteiger partial charge >= 0.3 is 0 Å². The van der Waals surface area contributed by atoms with Crippen molar-refractivity contribution in [2.45, 2.75) is 25.9 Å². The lowest BCUT2D eigenvalue weighted by Crippen LogP contribution is -2.40. The molecule has 0 N–H and O–H groups in total. The van der Waals surface area contributed by atoms with Gasteiger partial charge in [0.05, 0.1) is 6.54 Å². The normalized spacial score (nSPS) is 15.3. The van der Waals surface area contributed by atoms with E-state index in [-0.39, 0.29) is 11.8 Å². The van der Waals surface area contributed by atoms with Crippen molar-refractivity contribution < 1.29 is 9.32 Å². The molecule has 0 spiro atoms. The van der Waals surface area contributed by atoms with Gasteiger partial charge in [0.15, 0.2) is 0 Å². The van der Waals surface area contributed by atoms with Crippen molar-refractivity contribution in [3.05, 3.63) is 71.1 Å². The summed E-state index contributed by atoms with van der Waals surface area (Å²) in [7, 11) is 1.80. The van der Waals surface area contributed by atoms with Gasteiger partial charge in [0.2, 0.25) is 17.6 Å². The number of hydrogen-bond donors (Lipinski definition) is 0. The van der Waals surface area contributed by atoms with Crippen LogP contribution in [0.15, 0.2) is 59.1 Å². The Hall–Kier alpha value is -2.70. The van der Waals surface area contributed by atoms with Gasteiger partial charge in [-0.15, -0.1) is 0 Å². The topological polar surface area (TPSA) is 62.5 Å². The average Bonchev–Trinajstić information content (AvgIpc) is 3.23. The largest absolute Gasteiger partial charge is 0.337 e. The number of piperidine rings is 1. The highest BCUT2D eigenvalue weighted by atomic mass is 35.5. The predicted molar refractivity (Wildman–Crippen MR) is 116 cm³/mol. The van der Waals surface area contributed by atoms with Gasteiger partial charge in [-0.1, -0.05) is 59.2 Å². The first kappa shape index (κ1) is 20.6. The second-order valence-electron chi connectivity index (χ2n) is 7.75. The van der Waals surface area contributed by atoms with Crippen LogP contribution in [-0.2, 0) is 17.9 Å². The van der Waals surface area contributed by atoms with E-state index in [0.717, 1.165) is 43.1 Å². The van der Waals surface area contributed by atoms with Crippen molar-refractivity contribution in [3.8, 4) is 11.4 Å². The fraction of sp³-hybridized carbons (Fsp3) is 0.348. The maximum Gasteiger partial charge on any atom is 0.246 e. The number of carbonyl (C=O) groups excluding carboxylic acids is 1. The maximum atomic E-state index is 12.9. The summed E-state index contributed by atoms with van der Waals surface area (Å²) in [6.07, 6.45) is 1.70. The Labute approximate surface area is 181 Å². The molecule has 2 aromatic carbocycles. The summed E-state index contributed by atoms with van der Waals surface area (Å²) in [5.41, 5.74) is 2.10. The number of hydrogen-bond acceptors (Lipinski definition) is 5. The van der Waals surface area contributed by atoms with Crippen LogP contribution in [0.5, 0.6) is 0 Å². The molecular formula is C23H25ClN4O2. The molecule has 0 aliphatic carbocycles. The average molecular weight is 425 g/mol. The molecule has 0 saturated carbocycles. The monoisotopic (exact) mass is 424 g/mol. The van der Waals surface area contributed by atoms with Crippen LogP contribution in [0.25, 0.3) is 11.4 Å². The molecule has 30 heavy (non-hydrogen) atoms. The molecular weight excluding hydrogens is 400 g/mol. The van der Waals surface area contributed by atoms with Crippen LogP contribution in [0, 0.1) is 5.92 Å². The number of nitrogens with zero attached hydrogens (tertiary/aromatic N) is 4. The van der Waals surface area contributed by atoms with Crippen molar-refractivity contribution in [1.29, 1.82) is 0 Å². The van der Waals surface area contributed by atoms with Gasteiger partial charge in [-0.05, 0) is 43.6 Å². The molecule has 0 bridgehead atoms. The second-order valence-corrected chi connectivity index (χ2v) is 8.19. The first-order valence-electron chi connectivity index (χ1n) is 10.2. The molecule has 0 atom stereocenters. The third kappa shape index (κ3) is 5.07. The summed E-state index contributed by atoms with van der Waals surface area (Å²) in [5, 5.41) is 4.79. The molecule has 1 aromatic heterocycles.